The Morgan fingerprint density at radius 2 is 0.817 bits per heavy atom. The fraction of sp³-hybridized carbons (Fsp3) is 0.435. The summed E-state index contributed by atoms with van der Waals surface area (Å²) in [5.41, 5.74) is -2.18. The number of piperidine rings is 6. The van der Waals surface area contributed by atoms with Crippen LogP contribution in [0.5, 0.6) is 23.0 Å². The van der Waals surface area contributed by atoms with Crippen molar-refractivity contribution in [2.24, 2.45) is 11.8 Å². The van der Waals surface area contributed by atoms with Gasteiger partial charge in [-0.05, 0) is 24.3 Å². The molecule has 0 aromatic heterocycles. The van der Waals surface area contributed by atoms with Gasteiger partial charge in [-0.15, -0.1) is 0 Å². The zero-order chi connectivity index (χ0) is 40.1. The first-order valence-electron chi connectivity index (χ1n) is 20.6. The molecule has 8 heterocycles. The summed E-state index contributed by atoms with van der Waals surface area (Å²) in [5.74, 6) is 1.17. The molecule has 60 heavy (non-hydrogen) atoms. The summed E-state index contributed by atoms with van der Waals surface area (Å²) in [5, 5.41) is 42.4. The van der Waals surface area contributed by atoms with Crippen LogP contribution >= 0.6 is 0 Å². The van der Waals surface area contributed by atoms with Crippen LogP contribution < -0.4 is 43.4 Å². The van der Waals surface area contributed by atoms with E-state index >= 15 is 0 Å². The first-order chi connectivity index (χ1) is 28.1. The first-order valence-corrected chi connectivity index (χ1v) is 20.6. The number of nitrogens with zero attached hydrogens (tertiary/aromatic N) is 2. The number of rotatable bonds is 8. The van der Waals surface area contributed by atoms with Crippen LogP contribution in [-0.4, -0.2) is 119 Å². The summed E-state index contributed by atoms with van der Waals surface area (Å²) in [7, 11) is 0. The summed E-state index contributed by atoms with van der Waals surface area (Å²) in [4.78, 5) is 26.9. The lowest BCUT2D eigenvalue weighted by atomic mass is 9.81. The number of fused-ring (bicyclic) bond motifs is 10. The summed E-state index contributed by atoms with van der Waals surface area (Å²) >= 11 is 0. The van der Waals surface area contributed by atoms with E-state index in [4.69, 9.17) is 18.9 Å². The van der Waals surface area contributed by atoms with Crippen LogP contribution in [0.4, 0.5) is 0 Å². The van der Waals surface area contributed by atoms with Crippen molar-refractivity contribution in [3.05, 3.63) is 119 Å². The van der Waals surface area contributed by atoms with Gasteiger partial charge in [0.2, 0.25) is 11.2 Å². The number of carbonyl (C=O) groups excluding carboxylic acids is 2. The Hall–Kier alpha value is -3.86. The lowest BCUT2D eigenvalue weighted by molar-refractivity contribution is -0.946. The highest BCUT2D eigenvalue weighted by Gasteiger charge is 2.54. The second-order valence-electron chi connectivity index (χ2n) is 17.0. The van der Waals surface area contributed by atoms with E-state index in [9.17, 15) is 30.0 Å². The highest BCUT2D eigenvalue weighted by atomic mass is 79.9. The number of hydrogen-bond donors (Lipinski definition) is 4. The van der Waals surface area contributed by atoms with E-state index in [2.05, 4.69) is 0 Å². The molecule has 0 amide bonds. The van der Waals surface area contributed by atoms with Gasteiger partial charge in [-0.2, -0.15) is 0 Å². The molecule has 6 fully saturated rings. The molecule has 14 heteroatoms. The average molecular weight is 953 g/mol. The van der Waals surface area contributed by atoms with Crippen molar-refractivity contribution >= 4 is 11.9 Å². The molecular formula is C46H52Br2N2O10. The Bertz CT molecular complexity index is 1930. The van der Waals surface area contributed by atoms with Crippen LogP contribution in [0.1, 0.15) is 47.9 Å². The third-order valence-electron chi connectivity index (χ3n) is 13.9. The molecule has 6 saturated heterocycles. The number of halogens is 2. The van der Waals surface area contributed by atoms with Crippen molar-refractivity contribution in [1.82, 2.24) is 0 Å². The third kappa shape index (κ3) is 7.57. The fourth-order valence-corrected chi connectivity index (χ4v) is 10.6. The quantitative estimate of drug-likeness (QED) is 0.120. The molecule has 8 aliphatic heterocycles. The topological polar surface area (TPSA) is 152 Å². The maximum Gasteiger partial charge on any atom is 0.348 e. The number of carbonyl (C=O) groups is 2. The molecule has 12 rings (SSSR count). The van der Waals surface area contributed by atoms with E-state index < -0.39 is 23.1 Å². The molecule has 4 N–H and O–H groups in total. The van der Waals surface area contributed by atoms with Crippen LogP contribution in [0.2, 0.25) is 0 Å². The average Bonchev–Trinajstić information content (AvgIpc) is 3.25. The van der Waals surface area contributed by atoms with Crippen LogP contribution in [0, 0.1) is 11.8 Å². The van der Waals surface area contributed by atoms with Crippen LogP contribution in [-0.2, 0) is 30.3 Å². The van der Waals surface area contributed by atoms with Gasteiger partial charge in [-0.1, -0.05) is 72.8 Å². The largest absolute Gasteiger partial charge is 1.00 e. The zero-order valence-electron chi connectivity index (χ0n) is 33.3. The number of esters is 2. The van der Waals surface area contributed by atoms with Crippen molar-refractivity contribution in [3.63, 3.8) is 0 Å². The van der Waals surface area contributed by atoms with Crippen molar-refractivity contribution in [2.45, 2.75) is 49.1 Å². The molecule has 0 aliphatic carbocycles. The van der Waals surface area contributed by atoms with Gasteiger partial charge < -0.3 is 82.3 Å². The minimum atomic E-state index is -1.90. The van der Waals surface area contributed by atoms with Gasteiger partial charge in [0.25, 0.3) is 0 Å². The minimum absolute atomic E-state index is 0. The van der Waals surface area contributed by atoms with Crippen molar-refractivity contribution in [1.29, 1.82) is 0 Å². The van der Waals surface area contributed by atoms with Gasteiger partial charge in [0.15, 0.2) is 12.2 Å². The van der Waals surface area contributed by atoms with Crippen molar-refractivity contribution in [2.75, 3.05) is 65.6 Å². The Morgan fingerprint density at radius 1 is 0.533 bits per heavy atom. The molecule has 4 aromatic carbocycles. The number of para-hydroxylation sites is 4. The molecular weight excluding hydrogens is 900 g/mol. The monoisotopic (exact) mass is 950 g/mol. The van der Waals surface area contributed by atoms with Gasteiger partial charge in [0.05, 0.1) is 39.4 Å². The molecule has 8 aliphatic rings. The van der Waals surface area contributed by atoms with Crippen LogP contribution in [0.3, 0.4) is 0 Å². The Balaban J connectivity index is 0.000000176. The molecule has 0 saturated carbocycles. The summed E-state index contributed by atoms with van der Waals surface area (Å²) < 4.78 is 25.4. The van der Waals surface area contributed by atoms with E-state index in [1.54, 1.807) is 72.8 Å². The SMILES string of the molecule is O=C(O[C@H]1C[N+]2(CCO)CCC1CC2)C1(O)c2ccccc2Oc2ccccc21.O=C(O[C@H]1C[N+]2(CCO)CCC1CC2)C1(O)c2ccccc2Oc2ccccc21.[Br-].[Br-]. The zero-order valence-corrected chi connectivity index (χ0v) is 36.5. The number of aliphatic hydroxyl groups is 4. The highest BCUT2D eigenvalue weighted by molar-refractivity contribution is 5.89. The highest BCUT2D eigenvalue weighted by Crippen LogP contribution is 2.50. The molecule has 4 aromatic rings. The summed E-state index contributed by atoms with van der Waals surface area (Å²) in [6, 6.07) is 28.2. The van der Waals surface area contributed by atoms with E-state index in [-0.39, 0.29) is 59.4 Å². The molecule has 0 spiro atoms. The predicted octanol–water partition coefficient (Wildman–Crippen LogP) is -1.65. The van der Waals surface area contributed by atoms with E-state index in [0.717, 1.165) is 60.8 Å². The number of aliphatic hydroxyl groups excluding tert-OH is 2. The second-order valence-corrected chi connectivity index (χ2v) is 17.0. The van der Waals surface area contributed by atoms with E-state index in [1.807, 2.05) is 24.3 Å². The van der Waals surface area contributed by atoms with Crippen LogP contribution in [0.15, 0.2) is 97.1 Å². The number of quaternary nitrogens is 2. The molecule has 12 nitrogen and oxygen atoms in total. The smallest absolute Gasteiger partial charge is 0.348 e. The molecule has 0 radical (unpaired) electrons. The first kappa shape index (κ1) is 44.2. The van der Waals surface area contributed by atoms with Gasteiger partial charge in [-0.25, -0.2) is 9.59 Å². The standard InChI is InChI=1S/2C23H26NO5.2BrH/c2*25-14-13-24-11-9-16(10-12-24)21(15-24)29-22(26)23(27)17-5-1-3-7-19(17)28-20-8-4-2-6-18(20)23;;/h2*1-8,16,21,25,27H,9-15H2;2*1H/q2*+1;;/p-2/t2*16?,21-,24?;;/m00../s1. The molecule has 4 bridgehead atoms. The van der Waals surface area contributed by atoms with Gasteiger partial charge in [0, 0.05) is 59.8 Å². The lowest BCUT2D eigenvalue weighted by Crippen LogP contribution is -3.00. The van der Waals surface area contributed by atoms with Crippen molar-refractivity contribution < 1.29 is 91.9 Å². The fourth-order valence-electron chi connectivity index (χ4n) is 10.6. The molecule has 2 atom stereocenters. The van der Waals surface area contributed by atoms with Gasteiger partial charge in [-0.3, -0.25) is 0 Å². The number of hydrogen-bond acceptors (Lipinski definition) is 10. The van der Waals surface area contributed by atoms with Crippen molar-refractivity contribution in [3.8, 4) is 23.0 Å². The van der Waals surface area contributed by atoms with Crippen LogP contribution in [0.25, 0.3) is 0 Å². The van der Waals surface area contributed by atoms with Gasteiger partial charge >= 0.3 is 11.9 Å². The normalized spacial score (nSPS) is 27.8. The van der Waals surface area contributed by atoms with Gasteiger partial charge in [0.1, 0.15) is 49.2 Å². The summed E-state index contributed by atoms with van der Waals surface area (Å²) in [6.45, 7) is 7.10. The second kappa shape index (κ2) is 17.5. The minimum Gasteiger partial charge on any atom is -1.00 e. The number of ether oxygens (including phenoxy) is 4. The molecule has 0 unspecified atom stereocenters. The Kier molecular flexibility index (Phi) is 12.9. The van der Waals surface area contributed by atoms with E-state index in [0.29, 0.717) is 83.3 Å². The molecule has 320 valence electrons. The third-order valence-corrected chi connectivity index (χ3v) is 13.9. The number of benzene rings is 4. The Labute approximate surface area is 371 Å². The maximum absolute atomic E-state index is 13.5. The Morgan fingerprint density at radius 3 is 1.10 bits per heavy atom. The predicted molar refractivity (Wildman–Crippen MR) is 211 cm³/mol. The lowest BCUT2D eigenvalue weighted by Gasteiger charge is -2.52. The summed E-state index contributed by atoms with van der Waals surface area (Å²) in [6.07, 6.45) is 3.42. The van der Waals surface area contributed by atoms with E-state index in [1.165, 1.54) is 0 Å². The maximum atomic E-state index is 13.5.